The maximum Gasteiger partial charge on any atom is 0.241 e. The van der Waals surface area contributed by atoms with Crippen molar-refractivity contribution in [3.05, 3.63) is 54.1 Å². The van der Waals surface area contributed by atoms with Gasteiger partial charge in [0.2, 0.25) is 21.8 Å². The molecule has 2 amide bonds. The number of primary sulfonamides is 1. The summed E-state index contributed by atoms with van der Waals surface area (Å²) in [5, 5.41) is 10.5. The number of sulfonamides is 1. The lowest BCUT2D eigenvalue weighted by Gasteiger charge is -2.18. The number of hydrogen-bond acceptors (Lipinski definition) is 5. The van der Waals surface area contributed by atoms with E-state index in [9.17, 15) is 18.0 Å². The highest BCUT2D eigenvalue weighted by Crippen LogP contribution is 2.26. The number of carbonyl (C=O) groups is 2. The Morgan fingerprint density at radius 1 is 1.15 bits per heavy atom. The maximum absolute atomic E-state index is 12.4. The van der Waals surface area contributed by atoms with Crippen LogP contribution in [-0.2, 0) is 19.6 Å². The zero-order chi connectivity index (χ0) is 20.0. The van der Waals surface area contributed by atoms with Crippen LogP contribution in [-0.4, -0.2) is 27.3 Å². The van der Waals surface area contributed by atoms with Gasteiger partial charge < -0.3 is 15.4 Å². The van der Waals surface area contributed by atoms with Crippen molar-refractivity contribution in [2.45, 2.75) is 24.3 Å². The molecule has 0 spiro atoms. The highest BCUT2D eigenvalue weighted by Gasteiger charge is 2.19. The fraction of sp³-hybridized carbons (Fsp3) is 0.222. The van der Waals surface area contributed by atoms with Crippen molar-refractivity contribution in [2.24, 2.45) is 5.14 Å². The van der Waals surface area contributed by atoms with E-state index in [1.807, 2.05) is 18.2 Å². The molecule has 0 aliphatic heterocycles. The summed E-state index contributed by atoms with van der Waals surface area (Å²) in [5.41, 5.74) is 1.03. The van der Waals surface area contributed by atoms with E-state index < -0.39 is 22.0 Å². The molecule has 0 aromatic heterocycles. The SMILES string of the molecule is COc1ccc(NC(=O)CC(NC(C)=O)c2ccccc2)cc1S(N)(=O)=O. The number of anilines is 1. The van der Waals surface area contributed by atoms with Crippen molar-refractivity contribution < 1.29 is 22.7 Å². The van der Waals surface area contributed by atoms with E-state index in [-0.39, 0.29) is 28.7 Å². The molecule has 2 rings (SSSR count). The molecule has 2 aromatic rings. The first-order chi connectivity index (χ1) is 12.7. The summed E-state index contributed by atoms with van der Waals surface area (Å²) in [6.45, 7) is 1.37. The number of nitrogens with one attached hydrogen (secondary N) is 2. The number of methoxy groups -OCH3 is 1. The van der Waals surface area contributed by atoms with Crippen LogP contribution in [0.15, 0.2) is 53.4 Å². The van der Waals surface area contributed by atoms with Gasteiger partial charge in [-0.2, -0.15) is 0 Å². The Morgan fingerprint density at radius 2 is 1.81 bits per heavy atom. The van der Waals surface area contributed by atoms with Gasteiger partial charge in [-0.1, -0.05) is 30.3 Å². The molecule has 1 unspecified atom stereocenters. The topological polar surface area (TPSA) is 128 Å². The summed E-state index contributed by atoms with van der Waals surface area (Å²) in [7, 11) is -2.70. The number of ether oxygens (including phenoxy) is 1. The molecule has 0 aliphatic rings. The number of benzene rings is 2. The predicted molar refractivity (Wildman–Crippen MR) is 101 cm³/mol. The minimum absolute atomic E-state index is 0.0274. The maximum atomic E-state index is 12.4. The normalized spacial score (nSPS) is 12.1. The van der Waals surface area contributed by atoms with Gasteiger partial charge in [0.05, 0.1) is 19.6 Å². The van der Waals surface area contributed by atoms with Crippen molar-refractivity contribution in [2.75, 3.05) is 12.4 Å². The molecule has 0 saturated heterocycles. The molecule has 144 valence electrons. The fourth-order valence-corrected chi connectivity index (χ4v) is 3.28. The average molecular weight is 391 g/mol. The lowest BCUT2D eigenvalue weighted by Crippen LogP contribution is -2.29. The Morgan fingerprint density at radius 3 is 2.37 bits per heavy atom. The van der Waals surface area contributed by atoms with Crippen LogP contribution in [0.4, 0.5) is 5.69 Å². The van der Waals surface area contributed by atoms with E-state index in [0.717, 1.165) is 5.56 Å². The van der Waals surface area contributed by atoms with Gasteiger partial charge in [-0.3, -0.25) is 9.59 Å². The van der Waals surface area contributed by atoms with E-state index in [1.165, 1.54) is 32.2 Å². The zero-order valence-electron chi connectivity index (χ0n) is 14.9. The quantitative estimate of drug-likeness (QED) is 0.660. The monoisotopic (exact) mass is 391 g/mol. The average Bonchev–Trinajstić information content (AvgIpc) is 2.60. The molecular weight excluding hydrogens is 370 g/mol. The summed E-state index contributed by atoms with van der Waals surface area (Å²) in [4.78, 5) is 23.6. The van der Waals surface area contributed by atoms with Gasteiger partial charge in [0.1, 0.15) is 10.6 Å². The Bertz CT molecular complexity index is 929. The molecule has 8 nitrogen and oxygen atoms in total. The summed E-state index contributed by atoms with van der Waals surface area (Å²) in [6.07, 6.45) is -0.0274. The molecule has 0 fully saturated rings. The van der Waals surface area contributed by atoms with E-state index in [4.69, 9.17) is 9.88 Å². The minimum Gasteiger partial charge on any atom is -0.495 e. The van der Waals surface area contributed by atoms with Crippen molar-refractivity contribution >= 4 is 27.5 Å². The van der Waals surface area contributed by atoms with Crippen molar-refractivity contribution in [3.8, 4) is 5.75 Å². The van der Waals surface area contributed by atoms with E-state index in [2.05, 4.69) is 10.6 Å². The Balaban J connectivity index is 2.19. The van der Waals surface area contributed by atoms with Gasteiger partial charge in [0, 0.05) is 12.6 Å². The van der Waals surface area contributed by atoms with Gasteiger partial charge in [-0.25, -0.2) is 13.6 Å². The van der Waals surface area contributed by atoms with Gasteiger partial charge in [-0.15, -0.1) is 0 Å². The number of nitrogens with two attached hydrogens (primary N) is 1. The van der Waals surface area contributed by atoms with Crippen LogP contribution >= 0.6 is 0 Å². The molecular formula is C18H21N3O5S. The molecule has 0 saturated carbocycles. The Kier molecular flexibility index (Phi) is 6.54. The molecule has 0 aliphatic carbocycles. The van der Waals surface area contributed by atoms with Crippen LogP contribution in [0.2, 0.25) is 0 Å². The smallest absolute Gasteiger partial charge is 0.241 e. The first kappa shape index (κ1) is 20.4. The second kappa shape index (κ2) is 8.65. The molecule has 0 bridgehead atoms. The summed E-state index contributed by atoms with van der Waals surface area (Å²) < 4.78 is 28.3. The molecule has 9 heteroatoms. The third-order valence-electron chi connectivity index (χ3n) is 3.72. The minimum atomic E-state index is -4.02. The molecule has 1 atom stereocenters. The summed E-state index contributed by atoms with van der Waals surface area (Å²) in [5.74, 6) is -0.586. The predicted octanol–water partition coefficient (Wildman–Crippen LogP) is 1.55. The lowest BCUT2D eigenvalue weighted by atomic mass is 10.0. The molecule has 2 aromatic carbocycles. The fourth-order valence-electron chi connectivity index (χ4n) is 2.56. The first-order valence-corrected chi connectivity index (χ1v) is 9.58. The standard InChI is InChI=1S/C18H21N3O5S/c1-12(22)20-15(13-6-4-3-5-7-13)11-18(23)21-14-8-9-16(26-2)17(10-14)27(19,24)25/h3-10,15H,11H2,1-2H3,(H,20,22)(H,21,23)(H2,19,24,25). The van der Waals surface area contributed by atoms with Gasteiger partial charge in [0.15, 0.2) is 0 Å². The molecule has 0 radical (unpaired) electrons. The van der Waals surface area contributed by atoms with E-state index >= 15 is 0 Å². The highest BCUT2D eigenvalue weighted by molar-refractivity contribution is 7.89. The van der Waals surface area contributed by atoms with Crippen LogP contribution in [0, 0.1) is 0 Å². The second-order valence-electron chi connectivity index (χ2n) is 5.83. The van der Waals surface area contributed by atoms with Crippen LogP contribution < -0.4 is 20.5 Å². The van der Waals surface area contributed by atoms with Crippen molar-refractivity contribution in [1.29, 1.82) is 0 Å². The van der Waals surface area contributed by atoms with Crippen LogP contribution in [0.3, 0.4) is 0 Å². The van der Waals surface area contributed by atoms with Crippen molar-refractivity contribution in [1.82, 2.24) is 5.32 Å². The van der Waals surface area contributed by atoms with E-state index in [1.54, 1.807) is 12.1 Å². The number of carbonyl (C=O) groups excluding carboxylic acids is 2. The summed E-state index contributed by atoms with van der Waals surface area (Å²) in [6, 6.07) is 12.7. The third-order valence-corrected chi connectivity index (χ3v) is 4.65. The highest BCUT2D eigenvalue weighted by atomic mass is 32.2. The third kappa shape index (κ3) is 5.80. The Hall–Kier alpha value is -2.91. The molecule has 27 heavy (non-hydrogen) atoms. The zero-order valence-corrected chi connectivity index (χ0v) is 15.7. The van der Waals surface area contributed by atoms with E-state index in [0.29, 0.717) is 0 Å². The Labute approximate surface area is 157 Å². The van der Waals surface area contributed by atoms with Crippen LogP contribution in [0.25, 0.3) is 0 Å². The number of amides is 2. The van der Waals surface area contributed by atoms with Gasteiger partial charge in [-0.05, 0) is 23.8 Å². The number of hydrogen-bond donors (Lipinski definition) is 3. The van der Waals surface area contributed by atoms with Crippen LogP contribution in [0.5, 0.6) is 5.75 Å². The molecule has 4 N–H and O–H groups in total. The first-order valence-electron chi connectivity index (χ1n) is 8.03. The summed E-state index contributed by atoms with van der Waals surface area (Å²) >= 11 is 0. The number of rotatable bonds is 7. The second-order valence-corrected chi connectivity index (χ2v) is 7.36. The lowest BCUT2D eigenvalue weighted by molar-refractivity contribution is -0.120. The van der Waals surface area contributed by atoms with Gasteiger partial charge in [0.25, 0.3) is 0 Å². The molecule has 0 heterocycles. The van der Waals surface area contributed by atoms with Crippen molar-refractivity contribution in [3.63, 3.8) is 0 Å². The van der Waals surface area contributed by atoms with Gasteiger partial charge >= 0.3 is 0 Å². The van der Waals surface area contributed by atoms with Crippen LogP contribution in [0.1, 0.15) is 24.9 Å². The largest absolute Gasteiger partial charge is 0.495 e.